The maximum absolute atomic E-state index is 1.67. The molecule has 5 aliphatic rings. The number of hydrogen-bond acceptors (Lipinski definition) is 0. The molecule has 2 heteroatoms. The van der Waals surface area contributed by atoms with Crippen molar-refractivity contribution in [2.24, 2.45) is 11.8 Å². The van der Waals surface area contributed by atoms with Crippen LogP contribution in [0, 0.1) is 11.8 Å². The number of rotatable bonds is 0. The summed E-state index contributed by atoms with van der Waals surface area (Å²) in [7, 11) is 2.72. The van der Waals surface area contributed by atoms with Gasteiger partial charge in [0.05, 0.1) is 0 Å². The van der Waals surface area contributed by atoms with E-state index in [-0.39, 0.29) is 0 Å². The first-order valence-corrected chi connectivity index (χ1v) is 11.5. The molecule has 7 unspecified atom stereocenters. The van der Waals surface area contributed by atoms with E-state index in [1.165, 1.54) is 17.2 Å². The molecule has 3 aliphatic heterocycles. The molecule has 0 aromatic carbocycles. The lowest BCUT2D eigenvalue weighted by molar-refractivity contribution is 0.281. The predicted molar refractivity (Wildman–Crippen MR) is 93.9 cm³/mol. The van der Waals surface area contributed by atoms with E-state index in [4.69, 9.17) is 0 Å². The van der Waals surface area contributed by atoms with Gasteiger partial charge in [-0.25, -0.2) is 0 Å². The van der Waals surface area contributed by atoms with Crippen LogP contribution in [0.4, 0.5) is 0 Å². The fraction of sp³-hybridized carbons (Fsp3) is 1.00. The third kappa shape index (κ3) is 2.86. The van der Waals surface area contributed by atoms with Crippen LogP contribution in [-0.2, 0) is 0 Å². The smallest absolute Gasteiger partial charge is 0.00855 e. The summed E-state index contributed by atoms with van der Waals surface area (Å²) in [6.07, 6.45) is 20.7. The predicted octanol–water partition coefficient (Wildman–Crippen LogP) is 6.14. The molecule has 0 radical (unpaired) electrons. The summed E-state index contributed by atoms with van der Waals surface area (Å²) in [5.74, 6) is 2.28. The maximum Gasteiger partial charge on any atom is 0.00855 e. The molecule has 4 bridgehead atoms. The summed E-state index contributed by atoms with van der Waals surface area (Å²) in [5.41, 5.74) is 2.30. The normalized spacial score (nSPS) is 51.6. The van der Waals surface area contributed by atoms with Crippen molar-refractivity contribution < 1.29 is 0 Å². The zero-order valence-electron chi connectivity index (χ0n) is 13.0. The van der Waals surface area contributed by atoms with Gasteiger partial charge in [0, 0.05) is 4.90 Å². The van der Waals surface area contributed by atoms with Crippen molar-refractivity contribution in [1.29, 1.82) is 0 Å². The lowest BCUT2D eigenvalue weighted by atomic mass is 9.81. The molecule has 2 aliphatic carbocycles. The van der Waals surface area contributed by atoms with Crippen molar-refractivity contribution in [3.8, 4) is 0 Å². The van der Waals surface area contributed by atoms with Gasteiger partial charge in [0.1, 0.15) is 0 Å². The van der Waals surface area contributed by atoms with Gasteiger partial charge in [-0.1, -0.05) is 32.1 Å². The fourth-order valence-corrected chi connectivity index (χ4v) is 11.9. The second-order valence-electron chi connectivity index (χ2n) is 8.14. The quantitative estimate of drug-likeness (QED) is 0.472. The Labute approximate surface area is 129 Å². The maximum atomic E-state index is 1.67. The van der Waals surface area contributed by atoms with Gasteiger partial charge in [-0.3, -0.25) is 0 Å². The van der Waals surface area contributed by atoms with Gasteiger partial charge in [-0.15, -0.1) is 17.2 Å². The third-order valence-corrected chi connectivity index (χ3v) is 11.9. The Morgan fingerprint density at radius 1 is 0.600 bits per heavy atom. The first-order valence-electron chi connectivity index (χ1n) is 9.39. The summed E-state index contributed by atoms with van der Waals surface area (Å²) in [4.78, 5) is 0.875. The molecular weight excluding hydrogens is 278 g/mol. The lowest BCUT2D eigenvalue weighted by Gasteiger charge is -2.50. The molecule has 3 heterocycles. The van der Waals surface area contributed by atoms with E-state index in [1.807, 2.05) is 0 Å². The first kappa shape index (κ1) is 14.5. The van der Waals surface area contributed by atoms with Gasteiger partial charge in [0.25, 0.3) is 0 Å². The fourth-order valence-electron chi connectivity index (χ4n) is 5.75. The van der Waals surface area contributed by atoms with Crippen LogP contribution in [0.3, 0.4) is 0 Å². The van der Waals surface area contributed by atoms with E-state index in [2.05, 4.69) is 0 Å². The van der Waals surface area contributed by atoms with Crippen LogP contribution >= 0.6 is 17.2 Å². The van der Waals surface area contributed by atoms with Crippen LogP contribution in [0.15, 0.2) is 0 Å². The molecule has 0 aromatic rings. The zero-order chi connectivity index (χ0) is 13.4. The SMILES string of the molecule is C1CCC2CCC(C1)CC1(P2)PC2CCCCC1CC2. The van der Waals surface area contributed by atoms with E-state index < -0.39 is 0 Å². The van der Waals surface area contributed by atoms with Crippen LogP contribution in [0.2, 0.25) is 0 Å². The monoisotopic (exact) mass is 310 g/mol. The highest BCUT2D eigenvalue weighted by Gasteiger charge is 2.47. The van der Waals surface area contributed by atoms with Crippen molar-refractivity contribution in [3.63, 3.8) is 0 Å². The van der Waals surface area contributed by atoms with Crippen molar-refractivity contribution in [2.75, 3.05) is 0 Å². The summed E-state index contributed by atoms with van der Waals surface area (Å²) in [5, 5.41) is 0. The Balaban J connectivity index is 1.63. The van der Waals surface area contributed by atoms with E-state index >= 15 is 0 Å². The molecular formula is C18H32P2. The van der Waals surface area contributed by atoms with Gasteiger partial charge in [0.15, 0.2) is 0 Å². The molecule has 1 spiro atoms. The highest BCUT2D eigenvalue weighted by molar-refractivity contribution is 7.60. The average Bonchev–Trinajstić information content (AvgIpc) is 2.50. The van der Waals surface area contributed by atoms with Crippen molar-refractivity contribution in [2.45, 2.75) is 99.7 Å². The van der Waals surface area contributed by atoms with Crippen LogP contribution in [-0.4, -0.2) is 16.2 Å². The lowest BCUT2D eigenvalue weighted by Crippen LogP contribution is -2.38. The molecule has 0 aromatic heterocycles. The average molecular weight is 310 g/mol. The summed E-state index contributed by atoms with van der Waals surface area (Å²) < 4.78 is 0. The Morgan fingerprint density at radius 2 is 1.25 bits per heavy atom. The van der Waals surface area contributed by atoms with Crippen LogP contribution in [0.5, 0.6) is 0 Å². The van der Waals surface area contributed by atoms with E-state index in [0.29, 0.717) is 0 Å². The summed E-state index contributed by atoms with van der Waals surface area (Å²) in [6.45, 7) is 0. The van der Waals surface area contributed by atoms with Gasteiger partial charge in [0.2, 0.25) is 0 Å². The van der Waals surface area contributed by atoms with Crippen molar-refractivity contribution in [3.05, 3.63) is 0 Å². The number of fused-ring (bicyclic) bond motifs is 7. The van der Waals surface area contributed by atoms with E-state index in [9.17, 15) is 0 Å². The molecule has 5 rings (SSSR count). The summed E-state index contributed by atoms with van der Waals surface area (Å²) >= 11 is 0. The Hall–Kier alpha value is 0.860. The van der Waals surface area contributed by atoms with E-state index in [1.54, 1.807) is 83.5 Å². The Morgan fingerprint density at radius 3 is 2.05 bits per heavy atom. The van der Waals surface area contributed by atoms with Crippen LogP contribution < -0.4 is 0 Å². The van der Waals surface area contributed by atoms with Gasteiger partial charge >= 0.3 is 0 Å². The standard InChI is InChI=1S/C18H32P2/c1-3-7-16-11-9-14(5-1)13-18(19-16)15-6-2-4-8-17(20-18)12-10-15/h14-17,19-20H,1-13H2. The Kier molecular flexibility index (Phi) is 4.45. The van der Waals surface area contributed by atoms with Gasteiger partial charge in [-0.2, -0.15) is 0 Å². The molecule has 5 fully saturated rings. The zero-order valence-corrected chi connectivity index (χ0v) is 15.0. The topological polar surface area (TPSA) is 0 Å². The van der Waals surface area contributed by atoms with Crippen LogP contribution in [0.1, 0.15) is 83.5 Å². The molecule has 2 saturated carbocycles. The van der Waals surface area contributed by atoms with Crippen molar-refractivity contribution >= 4 is 17.2 Å². The molecule has 114 valence electrons. The van der Waals surface area contributed by atoms with Crippen molar-refractivity contribution in [1.82, 2.24) is 0 Å². The summed E-state index contributed by atoms with van der Waals surface area (Å²) in [6, 6.07) is 0. The Bertz CT molecular complexity index is 320. The van der Waals surface area contributed by atoms with E-state index in [0.717, 1.165) is 28.1 Å². The highest BCUT2D eigenvalue weighted by atomic mass is 31.1. The first-order chi connectivity index (χ1) is 9.84. The second kappa shape index (κ2) is 6.16. The molecule has 7 atom stereocenters. The second-order valence-corrected chi connectivity index (χ2v) is 12.6. The van der Waals surface area contributed by atoms with Gasteiger partial charge in [-0.05, 0) is 74.5 Å². The largest absolute Gasteiger partial charge is 0.108 e. The van der Waals surface area contributed by atoms with Crippen LogP contribution in [0.25, 0.3) is 0 Å². The molecule has 0 N–H and O–H groups in total. The third-order valence-electron chi connectivity index (χ3n) is 6.79. The number of hydrogen-bond donors (Lipinski definition) is 0. The molecule has 3 saturated heterocycles. The minimum absolute atomic E-state index is 0.875. The van der Waals surface area contributed by atoms with Gasteiger partial charge < -0.3 is 0 Å². The molecule has 0 amide bonds. The molecule has 20 heavy (non-hydrogen) atoms. The highest BCUT2D eigenvalue weighted by Crippen LogP contribution is 2.68. The minimum atomic E-state index is 0.875. The minimum Gasteiger partial charge on any atom is -0.108 e. The molecule has 0 nitrogen and oxygen atoms in total.